The summed E-state index contributed by atoms with van der Waals surface area (Å²) in [5, 5.41) is 3.09. The third-order valence-corrected chi connectivity index (χ3v) is 4.78. The number of nitrogens with zero attached hydrogens (tertiary/aromatic N) is 3. The summed E-state index contributed by atoms with van der Waals surface area (Å²) in [4.78, 5) is 37.7. The van der Waals surface area contributed by atoms with Crippen LogP contribution in [-0.2, 0) is 4.74 Å². The zero-order valence-corrected chi connectivity index (χ0v) is 14.8. The minimum atomic E-state index is -0.513. The van der Waals surface area contributed by atoms with Gasteiger partial charge in [-0.25, -0.2) is 9.78 Å². The molecule has 7 nitrogen and oxygen atoms in total. The van der Waals surface area contributed by atoms with Gasteiger partial charge in [0.05, 0.1) is 18.1 Å². The molecule has 3 rings (SSSR count). The highest BCUT2D eigenvalue weighted by molar-refractivity contribution is 7.16. The zero-order chi connectivity index (χ0) is 18.0. The van der Waals surface area contributed by atoms with Crippen molar-refractivity contribution in [2.24, 2.45) is 0 Å². The molecule has 1 N–H and O–H groups in total. The Hall–Kier alpha value is -2.87. The van der Waals surface area contributed by atoms with Crippen LogP contribution in [0.3, 0.4) is 0 Å². The number of hydrogen-bond acceptors (Lipinski definition) is 7. The van der Waals surface area contributed by atoms with E-state index in [-0.39, 0.29) is 17.5 Å². The Bertz CT molecular complexity index is 952. The van der Waals surface area contributed by atoms with Crippen LogP contribution < -0.4 is 5.32 Å². The fourth-order valence-corrected chi connectivity index (χ4v) is 3.24. The molecule has 25 heavy (non-hydrogen) atoms. The Kier molecular flexibility index (Phi) is 4.71. The van der Waals surface area contributed by atoms with Crippen molar-refractivity contribution in [3.05, 3.63) is 46.7 Å². The first-order chi connectivity index (χ1) is 12.0. The minimum Gasteiger partial charge on any atom is -0.464 e. The fourth-order valence-electron chi connectivity index (χ4n) is 2.29. The van der Waals surface area contributed by atoms with Gasteiger partial charge in [0.25, 0.3) is 5.91 Å². The third kappa shape index (κ3) is 3.48. The van der Waals surface area contributed by atoms with Crippen LogP contribution in [0.2, 0.25) is 0 Å². The molecule has 0 saturated heterocycles. The maximum atomic E-state index is 12.5. The molecule has 1 aromatic carbocycles. The first-order valence-corrected chi connectivity index (χ1v) is 8.42. The Balaban J connectivity index is 1.88. The summed E-state index contributed by atoms with van der Waals surface area (Å²) in [6.07, 6.45) is 3.17. The van der Waals surface area contributed by atoms with Crippen LogP contribution in [0, 0.1) is 0 Å². The van der Waals surface area contributed by atoms with Gasteiger partial charge in [0.15, 0.2) is 10.8 Å². The van der Waals surface area contributed by atoms with Crippen molar-refractivity contribution in [1.82, 2.24) is 15.0 Å². The number of esters is 1. The number of hydrogen-bond donors (Lipinski definition) is 1. The molecule has 0 aliphatic heterocycles. The SMILES string of the molecule is COC(=O)c1nc(NC(=O)c2ccc3nccnc3c2)sc1C(C)C. The lowest BCUT2D eigenvalue weighted by Crippen LogP contribution is -2.12. The van der Waals surface area contributed by atoms with E-state index in [1.165, 1.54) is 18.4 Å². The molecule has 128 valence electrons. The number of thiazole rings is 1. The number of rotatable bonds is 4. The fraction of sp³-hybridized carbons (Fsp3) is 0.235. The summed E-state index contributed by atoms with van der Waals surface area (Å²) in [6.45, 7) is 3.90. The molecule has 0 aliphatic rings. The molecule has 8 heteroatoms. The predicted octanol–water partition coefficient (Wildman–Crippen LogP) is 3.25. The van der Waals surface area contributed by atoms with Crippen molar-refractivity contribution >= 4 is 39.4 Å². The Morgan fingerprint density at radius 1 is 1.16 bits per heavy atom. The highest BCUT2D eigenvalue weighted by atomic mass is 32.1. The summed E-state index contributed by atoms with van der Waals surface area (Å²) in [7, 11) is 1.31. The first kappa shape index (κ1) is 17.0. The van der Waals surface area contributed by atoms with Crippen molar-refractivity contribution < 1.29 is 14.3 Å². The van der Waals surface area contributed by atoms with E-state index in [1.54, 1.807) is 30.6 Å². The second kappa shape index (κ2) is 6.94. The summed E-state index contributed by atoms with van der Waals surface area (Å²) >= 11 is 1.27. The zero-order valence-electron chi connectivity index (χ0n) is 13.9. The Labute approximate surface area is 148 Å². The monoisotopic (exact) mass is 356 g/mol. The van der Waals surface area contributed by atoms with E-state index in [2.05, 4.69) is 20.3 Å². The molecule has 0 spiro atoms. The van der Waals surface area contributed by atoms with Crippen molar-refractivity contribution in [2.45, 2.75) is 19.8 Å². The van der Waals surface area contributed by atoms with Gasteiger partial charge >= 0.3 is 5.97 Å². The van der Waals surface area contributed by atoms with Gasteiger partial charge in [-0.2, -0.15) is 0 Å². The topological polar surface area (TPSA) is 94.1 Å². The standard InChI is InChI=1S/C17H16N4O3S/c1-9(2)14-13(16(23)24-3)20-17(25-14)21-15(22)10-4-5-11-12(8-10)19-7-6-18-11/h4-9H,1-3H3,(H,20,21,22). The van der Waals surface area contributed by atoms with Crippen LogP contribution >= 0.6 is 11.3 Å². The van der Waals surface area contributed by atoms with E-state index < -0.39 is 5.97 Å². The average Bonchev–Trinajstić information content (AvgIpc) is 3.04. The van der Waals surface area contributed by atoms with Gasteiger partial charge < -0.3 is 4.74 Å². The predicted molar refractivity (Wildman–Crippen MR) is 95.0 cm³/mol. The summed E-state index contributed by atoms with van der Waals surface area (Å²) in [5.41, 5.74) is 2.02. The third-order valence-electron chi connectivity index (χ3n) is 3.51. The molecule has 0 unspecified atom stereocenters. The number of benzene rings is 1. The van der Waals surface area contributed by atoms with E-state index in [4.69, 9.17) is 4.74 Å². The van der Waals surface area contributed by atoms with E-state index in [9.17, 15) is 9.59 Å². The molecular formula is C17H16N4O3S. The number of nitrogens with one attached hydrogen (secondary N) is 1. The highest BCUT2D eigenvalue weighted by Gasteiger charge is 2.22. The van der Waals surface area contributed by atoms with Crippen molar-refractivity contribution in [2.75, 3.05) is 12.4 Å². The minimum absolute atomic E-state index is 0.0909. The van der Waals surface area contributed by atoms with Crippen molar-refractivity contribution in [1.29, 1.82) is 0 Å². The van der Waals surface area contributed by atoms with Gasteiger partial charge in [-0.05, 0) is 24.1 Å². The van der Waals surface area contributed by atoms with E-state index in [0.29, 0.717) is 21.7 Å². The molecule has 2 heterocycles. The quantitative estimate of drug-likeness (QED) is 0.721. The summed E-state index contributed by atoms with van der Waals surface area (Å²) < 4.78 is 4.76. The number of aromatic nitrogens is 3. The van der Waals surface area contributed by atoms with Gasteiger partial charge in [-0.15, -0.1) is 11.3 Å². The number of amides is 1. The lowest BCUT2D eigenvalue weighted by molar-refractivity contribution is 0.0593. The van der Waals surface area contributed by atoms with Crippen molar-refractivity contribution in [3.63, 3.8) is 0 Å². The number of carbonyl (C=O) groups excluding carboxylic acids is 2. The summed E-state index contributed by atoms with van der Waals surface area (Å²) in [5.74, 6) is -0.748. The second-order valence-corrected chi connectivity index (χ2v) is 6.62. The molecule has 0 saturated carbocycles. The number of fused-ring (bicyclic) bond motifs is 1. The number of methoxy groups -OCH3 is 1. The normalized spacial score (nSPS) is 10.9. The molecular weight excluding hydrogens is 340 g/mol. The first-order valence-electron chi connectivity index (χ1n) is 7.60. The maximum Gasteiger partial charge on any atom is 0.357 e. The largest absolute Gasteiger partial charge is 0.464 e. The highest BCUT2D eigenvalue weighted by Crippen LogP contribution is 2.30. The molecule has 0 aliphatic carbocycles. The van der Waals surface area contributed by atoms with E-state index in [0.717, 1.165) is 4.88 Å². The van der Waals surface area contributed by atoms with Crippen LogP contribution in [0.25, 0.3) is 11.0 Å². The average molecular weight is 356 g/mol. The van der Waals surface area contributed by atoms with Gasteiger partial charge in [0, 0.05) is 22.8 Å². The lowest BCUT2D eigenvalue weighted by atomic mass is 10.1. The van der Waals surface area contributed by atoms with Crippen LogP contribution in [-0.4, -0.2) is 33.9 Å². The van der Waals surface area contributed by atoms with Gasteiger partial charge in [-0.1, -0.05) is 13.8 Å². The summed E-state index contributed by atoms with van der Waals surface area (Å²) in [6, 6.07) is 5.07. The van der Waals surface area contributed by atoms with Crippen LogP contribution in [0.15, 0.2) is 30.6 Å². The second-order valence-electron chi connectivity index (χ2n) is 5.59. The van der Waals surface area contributed by atoms with E-state index in [1.807, 2.05) is 13.8 Å². The molecule has 0 bridgehead atoms. The molecule has 3 aromatic rings. The number of ether oxygens (including phenoxy) is 1. The van der Waals surface area contributed by atoms with E-state index >= 15 is 0 Å². The number of anilines is 1. The molecule has 0 fully saturated rings. The lowest BCUT2D eigenvalue weighted by Gasteiger charge is -2.03. The molecule has 1 amide bonds. The Morgan fingerprint density at radius 2 is 1.88 bits per heavy atom. The van der Waals surface area contributed by atoms with Crippen LogP contribution in [0.5, 0.6) is 0 Å². The van der Waals surface area contributed by atoms with Crippen LogP contribution in [0.1, 0.15) is 45.5 Å². The van der Waals surface area contributed by atoms with Crippen LogP contribution in [0.4, 0.5) is 5.13 Å². The Morgan fingerprint density at radius 3 is 2.56 bits per heavy atom. The molecule has 2 aromatic heterocycles. The number of carbonyl (C=O) groups is 2. The van der Waals surface area contributed by atoms with Gasteiger partial charge in [-0.3, -0.25) is 20.1 Å². The van der Waals surface area contributed by atoms with Gasteiger partial charge in [0.2, 0.25) is 0 Å². The maximum absolute atomic E-state index is 12.5. The van der Waals surface area contributed by atoms with Gasteiger partial charge in [0.1, 0.15) is 0 Å². The molecule has 0 atom stereocenters. The molecule has 0 radical (unpaired) electrons. The smallest absolute Gasteiger partial charge is 0.357 e. The van der Waals surface area contributed by atoms with Crippen molar-refractivity contribution in [3.8, 4) is 0 Å².